The van der Waals surface area contributed by atoms with Crippen LogP contribution in [0.5, 0.6) is 0 Å². The Morgan fingerprint density at radius 3 is 2.65 bits per heavy atom. The van der Waals surface area contributed by atoms with Crippen LogP contribution in [0.15, 0.2) is 35.1 Å². The van der Waals surface area contributed by atoms with Gasteiger partial charge in [0.25, 0.3) is 0 Å². The maximum Gasteiger partial charge on any atom is 0.107 e. The van der Waals surface area contributed by atoms with E-state index in [0.717, 1.165) is 21.9 Å². The van der Waals surface area contributed by atoms with Crippen LogP contribution in [0, 0.1) is 0 Å². The topological polar surface area (TPSA) is 42.2 Å². The van der Waals surface area contributed by atoms with Gasteiger partial charge in [-0.3, -0.25) is 9.88 Å². The normalized spacial score (nSPS) is 12.8. The molecule has 2 aromatic heterocycles. The van der Waals surface area contributed by atoms with Gasteiger partial charge in [-0.05, 0) is 46.2 Å². The summed E-state index contributed by atoms with van der Waals surface area (Å²) in [7, 11) is 0. The Morgan fingerprint density at radius 2 is 2.15 bits per heavy atom. The van der Waals surface area contributed by atoms with E-state index >= 15 is 0 Å². The second-order valence-electron chi connectivity index (χ2n) is 4.44. The lowest BCUT2D eigenvalue weighted by molar-refractivity contribution is 0.206. The summed E-state index contributed by atoms with van der Waals surface area (Å²) >= 11 is 11.2. The maximum absolute atomic E-state index is 6.14. The van der Waals surface area contributed by atoms with Gasteiger partial charge in [-0.25, -0.2) is 0 Å². The zero-order chi connectivity index (χ0) is 14.5. The van der Waals surface area contributed by atoms with Crippen molar-refractivity contribution in [3.05, 3.63) is 49.8 Å². The summed E-state index contributed by atoms with van der Waals surface area (Å²) in [4.78, 5) is 7.60. The number of nitrogens with zero attached hydrogens (tertiary/aromatic N) is 2. The van der Waals surface area contributed by atoms with Crippen LogP contribution in [0.3, 0.4) is 0 Å². The molecule has 1 unspecified atom stereocenters. The second kappa shape index (κ2) is 7.52. The van der Waals surface area contributed by atoms with Gasteiger partial charge in [0.2, 0.25) is 0 Å². The van der Waals surface area contributed by atoms with E-state index in [9.17, 15) is 0 Å². The van der Waals surface area contributed by atoms with Crippen molar-refractivity contribution in [1.29, 1.82) is 0 Å². The number of nitrogens with two attached hydrogens (primary N) is 1. The van der Waals surface area contributed by atoms with Crippen molar-refractivity contribution < 1.29 is 0 Å². The molecule has 108 valence electrons. The number of rotatable bonds is 6. The molecule has 0 bridgehead atoms. The molecule has 20 heavy (non-hydrogen) atoms. The summed E-state index contributed by atoms with van der Waals surface area (Å²) in [6.07, 6.45) is 3.64. The fraction of sp³-hybridized carbons (Fsp3) is 0.357. The van der Waals surface area contributed by atoms with Crippen molar-refractivity contribution in [2.45, 2.75) is 19.5 Å². The van der Waals surface area contributed by atoms with Crippen LogP contribution < -0.4 is 5.73 Å². The number of aromatic nitrogens is 1. The summed E-state index contributed by atoms with van der Waals surface area (Å²) < 4.78 is 1.72. The largest absolute Gasteiger partial charge is 0.329 e. The molecule has 0 saturated carbocycles. The van der Waals surface area contributed by atoms with Gasteiger partial charge in [0.15, 0.2) is 0 Å². The zero-order valence-electron chi connectivity index (χ0n) is 11.2. The summed E-state index contributed by atoms with van der Waals surface area (Å²) in [5, 5.41) is 0. The van der Waals surface area contributed by atoms with Crippen molar-refractivity contribution in [1.82, 2.24) is 9.88 Å². The maximum atomic E-state index is 6.14. The zero-order valence-corrected chi connectivity index (χ0v) is 14.4. The first kappa shape index (κ1) is 15.9. The Balaban J connectivity index is 2.19. The van der Waals surface area contributed by atoms with Gasteiger partial charge in [-0.15, -0.1) is 11.3 Å². The fourth-order valence-corrected chi connectivity index (χ4v) is 4.02. The van der Waals surface area contributed by atoms with Gasteiger partial charge in [-0.1, -0.05) is 18.5 Å². The molecule has 0 aliphatic heterocycles. The number of likely N-dealkylation sites (N-methyl/N-ethyl adjacent to an activating group) is 1. The summed E-state index contributed by atoms with van der Waals surface area (Å²) in [6.45, 7) is 4.50. The first-order chi connectivity index (χ1) is 9.65. The van der Waals surface area contributed by atoms with Gasteiger partial charge < -0.3 is 5.73 Å². The van der Waals surface area contributed by atoms with Crippen LogP contribution in [0.1, 0.15) is 23.4 Å². The Hall–Kier alpha value is -0.460. The third kappa shape index (κ3) is 3.80. The van der Waals surface area contributed by atoms with Gasteiger partial charge in [0.1, 0.15) is 4.34 Å². The predicted octanol–water partition coefficient (Wildman–Crippen LogP) is 4.08. The number of thiophene rings is 1. The highest BCUT2D eigenvalue weighted by atomic mass is 79.9. The summed E-state index contributed by atoms with van der Waals surface area (Å²) in [5.41, 5.74) is 7.23. The van der Waals surface area contributed by atoms with Crippen molar-refractivity contribution in [2.24, 2.45) is 5.73 Å². The molecule has 0 fully saturated rings. The van der Waals surface area contributed by atoms with Gasteiger partial charge in [0, 0.05) is 34.8 Å². The SMILES string of the molecule is CCN(Cc1ccncc1)C(CN)c1cc(Br)c(Cl)s1. The Morgan fingerprint density at radius 1 is 1.45 bits per heavy atom. The Labute approximate surface area is 136 Å². The molecule has 0 saturated heterocycles. The van der Waals surface area contributed by atoms with Crippen LogP contribution >= 0.6 is 38.9 Å². The third-order valence-corrected chi connectivity index (χ3v) is 5.77. The number of hydrogen-bond acceptors (Lipinski definition) is 4. The van der Waals surface area contributed by atoms with Gasteiger partial charge in [0.05, 0.1) is 6.04 Å². The Kier molecular flexibility index (Phi) is 5.99. The summed E-state index contributed by atoms with van der Waals surface area (Å²) in [6, 6.07) is 6.32. The van der Waals surface area contributed by atoms with Crippen molar-refractivity contribution in [2.75, 3.05) is 13.1 Å². The molecule has 2 aromatic rings. The highest BCUT2D eigenvalue weighted by molar-refractivity contribution is 9.10. The number of halogens is 2. The van der Waals surface area contributed by atoms with Crippen molar-refractivity contribution >= 4 is 38.9 Å². The van der Waals surface area contributed by atoms with Crippen molar-refractivity contribution in [3.8, 4) is 0 Å². The molecule has 0 amide bonds. The van der Waals surface area contributed by atoms with E-state index in [1.165, 1.54) is 10.4 Å². The number of hydrogen-bond donors (Lipinski definition) is 1. The lowest BCUT2D eigenvalue weighted by atomic mass is 10.1. The van der Waals surface area contributed by atoms with E-state index in [4.69, 9.17) is 17.3 Å². The smallest absolute Gasteiger partial charge is 0.107 e. The fourth-order valence-electron chi connectivity index (χ4n) is 2.14. The van der Waals surface area contributed by atoms with Crippen LogP contribution in [0.2, 0.25) is 4.34 Å². The quantitative estimate of drug-likeness (QED) is 0.828. The van der Waals surface area contributed by atoms with E-state index in [1.807, 2.05) is 24.5 Å². The van der Waals surface area contributed by atoms with Crippen molar-refractivity contribution in [3.63, 3.8) is 0 Å². The third-order valence-electron chi connectivity index (χ3n) is 3.20. The molecule has 0 aliphatic rings. The molecule has 6 heteroatoms. The minimum Gasteiger partial charge on any atom is -0.329 e. The van der Waals surface area contributed by atoms with Crippen LogP contribution in [0.25, 0.3) is 0 Å². The van der Waals surface area contributed by atoms with Crippen LogP contribution in [-0.4, -0.2) is 23.0 Å². The monoisotopic (exact) mass is 373 g/mol. The first-order valence-corrected chi connectivity index (χ1v) is 8.42. The van der Waals surface area contributed by atoms with E-state index in [-0.39, 0.29) is 6.04 Å². The average molecular weight is 375 g/mol. The highest BCUT2D eigenvalue weighted by Crippen LogP contribution is 2.37. The van der Waals surface area contributed by atoms with E-state index in [0.29, 0.717) is 6.54 Å². The number of pyridine rings is 1. The minimum atomic E-state index is 0.182. The van der Waals surface area contributed by atoms with E-state index < -0.39 is 0 Å². The molecule has 2 rings (SSSR count). The molecule has 0 aliphatic carbocycles. The first-order valence-electron chi connectivity index (χ1n) is 6.43. The second-order valence-corrected chi connectivity index (χ2v) is 6.98. The molecule has 2 heterocycles. The molecule has 2 N–H and O–H groups in total. The van der Waals surface area contributed by atoms with E-state index in [2.05, 4.69) is 38.8 Å². The van der Waals surface area contributed by atoms with Crippen LogP contribution in [0.4, 0.5) is 0 Å². The summed E-state index contributed by atoms with van der Waals surface area (Å²) in [5.74, 6) is 0. The van der Waals surface area contributed by atoms with E-state index in [1.54, 1.807) is 11.3 Å². The molecule has 0 spiro atoms. The van der Waals surface area contributed by atoms with Crippen LogP contribution in [-0.2, 0) is 6.54 Å². The standard InChI is InChI=1S/C14H17BrClN3S/c1-2-19(9-10-3-5-18-6-4-10)12(8-17)13-7-11(15)14(16)20-13/h3-7,12H,2,8-9,17H2,1H3. The minimum absolute atomic E-state index is 0.182. The molecule has 0 aromatic carbocycles. The molecular formula is C14H17BrClN3S. The van der Waals surface area contributed by atoms with Gasteiger partial charge in [-0.2, -0.15) is 0 Å². The molecule has 0 radical (unpaired) electrons. The predicted molar refractivity (Wildman–Crippen MR) is 89.1 cm³/mol. The highest BCUT2D eigenvalue weighted by Gasteiger charge is 2.21. The molecule has 3 nitrogen and oxygen atoms in total. The Bertz CT molecular complexity index is 527. The lowest BCUT2D eigenvalue weighted by Gasteiger charge is -2.29. The average Bonchev–Trinajstić information content (AvgIpc) is 2.79. The van der Waals surface area contributed by atoms with Gasteiger partial charge >= 0.3 is 0 Å². The lowest BCUT2D eigenvalue weighted by Crippen LogP contribution is -2.32. The molecular weight excluding hydrogens is 358 g/mol. The molecule has 1 atom stereocenters.